The van der Waals surface area contributed by atoms with Crippen LogP contribution in [0.15, 0.2) is 24.3 Å². The Labute approximate surface area is 194 Å². The van der Waals surface area contributed by atoms with Crippen LogP contribution >= 0.6 is 0 Å². The third-order valence-electron chi connectivity index (χ3n) is 5.87. The van der Waals surface area contributed by atoms with Crippen LogP contribution in [0.3, 0.4) is 0 Å². The largest absolute Gasteiger partial charge is 0.466 e. The second-order valence-electron chi connectivity index (χ2n) is 8.61. The van der Waals surface area contributed by atoms with Crippen molar-refractivity contribution in [3.8, 4) is 0 Å². The molecule has 1 rings (SSSR count). The van der Waals surface area contributed by atoms with Gasteiger partial charge in [0.15, 0.2) is 0 Å². The van der Waals surface area contributed by atoms with Gasteiger partial charge in [-0.2, -0.15) is 0 Å². The van der Waals surface area contributed by atoms with Crippen LogP contribution in [0.4, 0.5) is 0 Å². The molecule has 0 amide bonds. The van der Waals surface area contributed by atoms with Gasteiger partial charge in [-0.25, -0.2) is 0 Å². The van der Waals surface area contributed by atoms with Gasteiger partial charge in [-0.3, -0.25) is 14.4 Å². The first-order valence-corrected chi connectivity index (χ1v) is 12.3. The van der Waals surface area contributed by atoms with Crippen LogP contribution in [0, 0.1) is 5.92 Å². The molecule has 1 aromatic carbocycles. The Kier molecular flexibility index (Phi) is 14.3. The van der Waals surface area contributed by atoms with E-state index in [1.807, 2.05) is 25.1 Å². The van der Waals surface area contributed by atoms with Crippen molar-refractivity contribution in [1.82, 2.24) is 0 Å². The number of rotatable bonds is 17. The normalized spacial score (nSPS) is 12.8. The van der Waals surface area contributed by atoms with Crippen LogP contribution in [-0.2, 0) is 36.7 Å². The maximum absolute atomic E-state index is 12.2. The Balaban J connectivity index is 2.52. The molecule has 5 heteroatoms. The molecule has 0 aliphatic carbocycles. The number of ether oxygens (including phenoxy) is 2. The van der Waals surface area contributed by atoms with E-state index in [9.17, 15) is 14.4 Å². The molecule has 0 radical (unpaired) electrons. The van der Waals surface area contributed by atoms with Crippen molar-refractivity contribution in [2.24, 2.45) is 5.92 Å². The lowest BCUT2D eigenvalue weighted by atomic mass is 9.90. The van der Waals surface area contributed by atoms with E-state index in [-0.39, 0.29) is 36.2 Å². The van der Waals surface area contributed by atoms with Crippen molar-refractivity contribution in [3.63, 3.8) is 0 Å². The maximum Gasteiger partial charge on any atom is 0.310 e. The van der Waals surface area contributed by atoms with Crippen LogP contribution in [-0.4, -0.2) is 30.4 Å². The van der Waals surface area contributed by atoms with Crippen LogP contribution < -0.4 is 0 Å². The van der Waals surface area contributed by atoms with Crippen LogP contribution in [0.1, 0.15) is 96.6 Å². The summed E-state index contributed by atoms with van der Waals surface area (Å²) in [6, 6.07) is 7.95. The molecule has 0 aliphatic rings. The van der Waals surface area contributed by atoms with Crippen LogP contribution in [0.25, 0.3) is 0 Å². The monoisotopic (exact) mass is 446 g/mol. The highest BCUT2D eigenvalue weighted by molar-refractivity contribution is 5.78. The molecule has 2 unspecified atom stereocenters. The Bertz CT molecular complexity index is 697. The van der Waals surface area contributed by atoms with E-state index in [2.05, 4.69) is 13.0 Å². The quantitative estimate of drug-likeness (QED) is 0.217. The molecule has 0 spiro atoms. The van der Waals surface area contributed by atoms with Crippen LogP contribution in [0.2, 0.25) is 0 Å². The Morgan fingerprint density at radius 3 is 2.12 bits per heavy atom. The first-order valence-electron chi connectivity index (χ1n) is 12.3. The van der Waals surface area contributed by atoms with Gasteiger partial charge in [-0.1, -0.05) is 44.0 Å². The number of unbranched alkanes of at least 4 members (excludes halogenated alkanes) is 2. The Morgan fingerprint density at radius 1 is 0.844 bits per heavy atom. The highest BCUT2D eigenvalue weighted by atomic mass is 16.5. The SMILES string of the molecule is CCCCCC(CCCC(CCCc1ccccc1CC(=O)OCC)C(C)=O)OC(C)=O. The lowest BCUT2D eigenvalue weighted by Crippen LogP contribution is -2.18. The second kappa shape index (κ2) is 16.5. The third-order valence-corrected chi connectivity index (χ3v) is 5.87. The summed E-state index contributed by atoms with van der Waals surface area (Å²) in [4.78, 5) is 35.4. The van der Waals surface area contributed by atoms with Crippen molar-refractivity contribution in [2.75, 3.05) is 6.61 Å². The van der Waals surface area contributed by atoms with Crippen molar-refractivity contribution in [3.05, 3.63) is 35.4 Å². The van der Waals surface area contributed by atoms with Gasteiger partial charge >= 0.3 is 11.9 Å². The minimum absolute atomic E-state index is 0.0286. The zero-order valence-corrected chi connectivity index (χ0v) is 20.5. The molecule has 5 nitrogen and oxygen atoms in total. The second-order valence-corrected chi connectivity index (χ2v) is 8.61. The topological polar surface area (TPSA) is 69.7 Å². The lowest BCUT2D eigenvalue weighted by Gasteiger charge is -2.19. The molecule has 1 aromatic rings. The first-order chi connectivity index (χ1) is 15.4. The molecule has 0 fully saturated rings. The number of hydrogen-bond acceptors (Lipinski definition) is 5. The van der Waals surface area contributed by atoms with Gasteiger partial charge in [0.2, 0.25) is 0 Å². The number of ketones is 1. The fraction of sp³-hybridized carbons (Fsp3) is 0.667. The van der Waals surface area contributed by atoms with Gasteiger partial charge in [0, 0.05) is 12.8 Å². The summed E-state index contributed by atoms with van der Waals surface area (Å²) < 4.78 is 10.6. The zero-order chi connectivity index (χ0) is 23.8. The van der Waals surface area contributed by atoms with Crippen LogP contribution in [0.5, 0.6) is 0 Å². The Morgan fingerprint density at radius 2 is 1.50 bits per heavy atom. The lowest BCUT2D eigenvalue weighted by molar-refractivity contribution is -0.147. The summed E-state index contributed by atoms with van der Waals surface area (Å²) in [5, 5.41) is 0. The van der Waals surface area contributed by atoms with Crippen molar-refractivity contribution in [1.29, 1.82) is 0 Å². The standard InChI is InChI=1S/C27H42O5/c1-5-7-8-18-26(32-22(4)29)19-12-16-23(21(3)28)15-11-17-24-13-9-10-14-25(24)20-27(30)31-6-2/h9-10,13-14,23,26H,5-8,11-12,15-20H2,1-4H3. The number of aryl methyl sites for hydroxylation is 1. The average Bonchev–Trinajstić information content (AvgIpc) is 2.73. The molecular formula is C27H42O5. The highest BCUT2D eigenvalue weighted by Crippen LogP contribution is 2.22. The molecular weight excluding hydrogens is 404 g/mol. The number of carbonyl (C=O) groups excluding carboxylic acids is 3. The van der Waals surface area contributed by atoms with Gasteiger partial charge in [-0.15, -0.1) is 0 Å². The molecule has 180 valence electrons. The molecule has 0 saturated carbocycles. The fourth-order valence-corrected chi connectivity index (χ4v) is 4.14. The fourth-order valence-electron chi connectivity index (χ4n) is 4.14. The summed E-state index contributed by atoms with van der Waals surface area (Å²) in [6.45, 7) is 7.49. The van der Waals surface area contributed by atoms with Crippen molar-refractivity contribution >= 4 is 17.7 Å². The molecule has 2 atom stereocenters. The van der Waals surface area contributed by atoms with E-state index < -0.39 is 0 Å². The molecule has 0 bridgehead atoms. The minimum atomic E-state index is -0.226. The molecule has 0 aromatic heterocycles. The summed E-state index contributed by atoms with van der Waals surface area (Å²) in [5.74, 6) is -0.181. The molecule has 0 saturated heterocycles. The van der Waals surface area contributed by atoms with E-state index in [4.69, 9.17) is 9.47 Å². The first kappa shape index (κ1) is 27.9. The number of carbonyl (C=O) groups is 3. The highest BCUT2D eigenvalue weighted by Gasteiger charge is 2.17. The minimum Gasteiger partial charge on any atom is -0.466 e. The van der Waals surface area contributed by atoms with Gasteiger partial charge in [0.1, 0.15) is 11.9 Å². The smallest absolute Gasteiger partial charge is 0.310 e. The van der Waals surface area contributed by atoms with Gasteiger partial charge < -0.3 is 9.47 Å². The maximum atomic E-state index is 12.2. The van der Waals surface area contributed by atoms with E-state index >= 15 is 0 Å². The van der Waals surface area contributed by atoms with Crippen molar-refractivity contribution < 1.29 is 23.9 Å². The van der Waals surface area contributed by atoms with E-state index in [0.717, 1.165) is 75.3 Å². The summed E-state index contributed by atoms with van der Waals surface area (Å²) >= 11 is 0. The third kappa shape index (κ3) is 12.0. The average molecular weight is 447 g/mol. The number of Topliss-reactive ketones (excluding diaryl/α,β-unsaturated/α-hetero) is 1. The predicted octanol–water partition coefficient (Wildman–Crippen LogP) is 6.00. The van der Waals surface area contributed by atoms with E-state index in [1.54, 1.807) is 6.92 Å². The molecule has 32 heavy (non-hydrogen) atoms. The van der Waals surface area contributed by atoms with Crippen molar-refractivity contribution in [2.45, 2.75) is 104 Å². The molecule has 0 N–H and O–H groups in total. The number of benzene rings is 1. The zero-order valence-electron chi connectivity index (χ0n) is 20.5. The predicted molar refractivity (Wildman–Crippen MR) is 127 cm³/mol. The number of hydrogen-bond donors (Lipinski definition) is 0. The van der Waals surface area contributed by atoms with E-state index in [0.29, 0.717) is 6.61 Å². The van der Waals surface area contributed by atoms with Gasteiger partial charge in [0.05, 0.1) is 13.0 Å². The Hall–Kier alpha value is -2.17. The van der Waals surface area contributed by atoms with Gasteiger partial charge in [0.25, 0.3) is 0 Å². The molecule has 0 heterocycles. The summed E-state index contributed by atoms with van der Waals surface area (Å²) in [7, 11) is 0. The number of esters is 2. The summed E-state index contributed by atoms with van der Waals surface area (Å²) in [5.41, 5.74) is 2.15. The van der Waals surface area contributed by atoms with E-state index in [1.165, 1.54) is 6.92 Å². The molecule has 0 aliphatic heterocycles. The van der Waals surface area contributed by atoms with Gasteiger partial charge in [-0.05, 0) is 76.3 Å². The summed E-state index contributed by atoms with van der Waals surface area (Å²) in [6.07, 6.45) is 9.59.